The van der Waals surface area contributed by atoms with Crippen molar-refractivity contribution in [3.8, 4) is 5.75 Å². The standard InChI is InChI=1S/C14H11FN2O4/c1-21-11-7-8(4-5-10(11)15)13(18)17-12-9(14(19)20)3-2-6-16-12/h2-7H,1H3,(H,19,20)(H,16,17,18). The van der Waals surface area contributed by atoms with E-state index in [2.05, 4.69) is 10.3 Å². The summed E-state index contributed by atoms with van der Waals surface area (Å²) in [5.74, 6) is -2.59. The molecule has 2 rings (SSSR count). The van der Waals surface area contributed by atoms with E-state index in [9.17, 15) is 14.0 Å². The zero-order chi connectivity index (χ0) is 15.4. The summed E-state index contributed by atoms with van der Waals surface area (Å²) in [6.07, 6.45) is 1.35. The molecule has 0 atom stereocenters. The lowest BCUT2D eigenvalue weighted by Gasteiger charge is -2.08. The van der Waals surface area contributed by atoms with Gasteiger partial charge in [-0.2, -0.15) is 0 Å². The van der Waals surface area contributed by atoms with Crippen LogP contribution >= 0.6 is 0 Å². The van der Waals surface area contributed by atoms with Gasteiger partial charge in [0.05, 0.1) is 7.11 Å². The molecule has 0 aliphatic rings. The van der Waals surface area contributed by atoms with E-state index in [0.29, 0.717) is 0 Å². The van der Waals surface area contributed by atoms with E-state index in [1.807, 2.05) is 0 Å². The van der Waals surface area contributed by atoms with Crippen LogP contribution in [0.4, 0.5) is 10.2 Å². The molecule has 1 amide bonds. The predicted octanol–water partition coefficient (Wildman–Crippen LogP) is 2.18. The Morgan fingerprint density at radius 2 is 2.10 bits per heavy atom. The monoisotopic (exact) mass is 290 g/mol. The normalized spacial score (nSPS) is 10.0. The molecule has 1 aromatic heterocycles. The molecule has 0 radical (unpaired) electrons. The first-order chi connectivity index (χ1) is 10.0. The second kappa shape index (κ2) is 6.00. The van der Waals surface area contributed by atoms with Crippen molar-refractivity contribution in [1.82, 2.24) is 4.98 Å². The van der Waals surface area contributed by atoms with Gasteiger partial charge in [0.15, 0.2) is 11.6 Å². The van der Waals surface area contributed by atoms with E-state index in [1.165, 1.54) is 37.6 Å². The third-order valence-corrected chi connectivity index (χ3v) is 2.68. The lowest BCUT2D eigenvalue weighted by molar-refractivity contribution is 0.0697. The van der Waals surface area contributed by atoms with Crippen molar-refractivity contribution >= 4 is 17.7 Å². The number of carbonyl (C=O) groups is 2. The maximum atomic E-state index is 13.3. The number of rotatable bonds is 4. The molecule has 108 valence electrons. The van der Waals surface area contributed by atoms with Crippen LogP contribution in [0.3, 0.4) is 0 Å². The van der Waals surface area contributed by atoms with Crippen LogP contribution in [-0.2, 0) is 0 Å². The van der Waals surface area contributed by atoms with Crippen LogP contribution < -0.4 is 10.1 Å². The smallest absolute Gasteiger partial charge is 0.339 e. The Balaban J connectivity index is 2.28. The Hall–Kier alpha value is -2.96. The molecule has 21 heavy (non-hydrogen) atoms. The van der Waals surface area contributed by atoms with Crippen molar-refractivity contribution < 1.29 is 23.8 Å². The topological polar surface area (TPSA) is 88.5 Å². The Morgan fingerprint density at radius 3 is 2.76 bits per heavy atom. The molecular weight excluding hydrogens is 279 g/mol. The number of nitrogens with zero attached hydrogens (tertiary/aromatic N) is 1. The average Bonchev–Trinajstić information content (AvgIpc) is 2.48. The SMILES string of the molecule is COc1cc(C(=O)Nc2ncccc2C(=O)O)ccc1F. The largest absolute Gasteiger partial charge is 0.494 e. The van der Waals surface area contributed by atoms with Gasteiger partial charge < -0.3 is 15.2 Å². The van der Waals surface area contributed by atoms with Crippen LogP contribution in [0.1, 0.15) is 20.7 Å². The molecular formula is C14H11FN2O4. The second-order valence-corrected chi connectivity index (χ2v) is 4.01. The van der Waals surface area contributed by atoms with Crippen molar-refractivity contribution in [2.24, 2.45) is 0 Å². The molecule has 0 aliphatic heterocycles. The summed E-state index contributed by atoms with van der Waals surface area (Å²) >= 11 is 0. The number of carboxylic acid groups (broad SMARTS) is 1. The zero-order valence-electron chi connectivity index (χ0n) is 11.0. The van der Waals surface area contributed by atoms with Crippen molar-refractivity contribution in [3.63, 3.8) is 0 Å². The second-order valence-electron chi connectivity index (χ2n) is 4.01. The highest BCUT2D eigenvalue weighted by atomic mass is 19.1. The Morgan fingerprint density at radius 1 is 1.33 bits per heavy atom. The van der Waals surface area contributed by atoms with Gasteiger partial charge in [0, 0.05) is 11.8 Å². The van der Waals surface area contributed by atoms with Crippen molar-refractivity contribution in [2.75, 3.05) is 12.4 Å². The van der Waals surface area contributed by atoms with Gasteiger partial charge in [-0.05, 0) is 30.3 Å². The number of halogens is 1. The number of carbonyl (C=O) groups excluding carboxylic acids is 1. The fourth-order valence-electron chi connectivity index (χ4n) is 1.66. The summed E-state index contributed by atoms with van der Waals surface area (Å²) in [4.78, 5) is 26.9. The summed E-state index contributed by atoms with van der Waals surface area (Å²) in [7, 11) is 1.28. The molecule has 1 heterocycles. The molecule has 0 unspecified atom stereocenters. The highest BCUT2D eigenvalue weighted by Gasteiger charge is 2.15. The number of ether oxygens (including phenoxy) is 1. The van der Waals surface area contributed by atoms with Gasteiger partial charge in [0.2, 0.25) is 0 Å². The summed E-state index contributed by atoms with van der Waals surface area (Å²) in [5.41, 5.74) is -0.0184. The van der Waals surface area contributed by atoms with Crippen LogP contribution in [0.2, 0.25) is 0 Å². The van der Waals surface area contributed by atoms with Gasteiger partial charge in [-0.15, -0.1) is 0 Å². The molecule has 0 fully saturated rings. The van der Waals surface area contributed by atoms with Crippen molar-refractivity contribution in [2.45, 2.75) is 0 Å². The summed E-state index contributed by atoms with van der Waals surface area (Å²) in [5, 5.41) is 11.4. The number of hydrogen-bond acceptors (Lipinski definition) is 4. The number of carboxylic acids is 1. The first-order valence-corrected chi connectivity index (χ1v) is 5.86. The molecule has 0 saturated heterocycles. The fourth-order valence-corrected chi connectivity index (χ4v) is 1.66. The predicted molar refractivity (Wildman–Crippen MR) is 72.1 cm³/mol. The third-order valence-electron chi connectivity index (χ3n) is 2.68. The minimum absolute atomic E-state index is 0.0814. The van der Waals surface area contributed by atoms with E-state index in [4.69, 9.17) is 9.84 Å². The maximum absolute atomic E-state index is 13.3. The van der Waals surface area contributed by atoms with Gasteiger partial charge in [-0.1, -0.05) is 0 Å². The Labute approximate surface area is 119 Å². The van der Waals surface area contributed by atoms with Crippen LogP contribution in [0.25, 0.3) is 0 Å². The maximum Gasteiger partial charge on any atom is 0.339 e. The molecule has 2 aromatic rings. The average molecular weight is 290 g/mol. The number of methoxy groups -OCH3 is 1. The summed E-state index contributed by atoms with van der Waals surface area (Å²) < 4.78 is 18.1. The van der Waals surface area contributed by atoms with Crippen molar-refractivity contribution in [3.05, 3.63) is 53.5 Å². The Kier molecular flexibility index (Phi) is 4.13. The number of pyridine rings is 1. The van der Waals surface area contributed by atoms with Gasteiger partial charge >= 0.3 is 5.97 Å². The highest BCUT2D eigenvalue weighted by molar-refractivity contribution is 6.07. The quantitative estimate of drug-likeness (QED) is 0.901. The van der Waals surface area contributed by atoms with E-state index >= 15 is 0 Å². The number of anilines is 1. The van der Waals surface area contributed by atoms with Crippen LogP contribution in [0.5, 0.6) is 5.75 Å². The third kappa shape index (κ3) is 3.14. The number of aromatic carboxylic acids is 1. The molecule has 0 saturated carbocycles. The number of hydrogen-bond donors (Lipinski definition) is 2. The molecule has 6 nitrogen and oxygen atoms in total. The summed E-state index contributed by atoms with van der Waals surface area (Å²) in [6.45, 7) is 0. The van der Waals surface area contributed by atoms with E-state index in [1.54, 1.807) is 0 Å². The minimum Gasteiger partial charge on any atom is -0.494 e. The number of nitrogens with one attached hydrogen (secondary N) is 1. The number of benzene rings is 1. The van der Waals surface area contributed by atoms with Crippen LogP contribution in [-0.4, -0.2) is 29.1 Å². The lowest BCUT2D eigenvalue weighted by atomic mass is 10.2. The molecule has 7 heteroatoms. The fraction of sp³-hybridized carbons (Fsp3) is 0.0714. The van der Waals surface area contributed by atoms with Crippen LogP contribution in [0.15, 0.2) is 36.5 Å². The van der Waals surface area contributed by atoms with Gasteiger partial charge in [0.1, 0.15) is 11.4 Å². The molecule has 0 spiro atoms. The molecule has 1 aromatic carbocycles. The van der Waals surface area contributed by atoms with Gasteiger partial charge in [-0.3, -0.25) is 4.79 Å². The lowest BCUT2D eigenvalue weighted by Crippen LogP contribution is -2.16. The van der Waals surface area contributed by atoms with E-state index < -0.39 is 17.7 Å². The number of aromatic nitrogens is 1. The molecule has 0 aliphatic carbocycles. The minimum atomic E-state index is -1.21. The van der Waals surface area contributed by atoms with Gasteiger partial charge in [-0.25, -0.2) is 14.2 Å². The molecule has 0 bridgehead atoms. The number of amides is 1. The highest BCUT2D eigenvalue weighted by Crippen LogP contribution is 2.19. The van der Waals surface area contributed by atoms with E-state index in [0.717, 1.165) is 6.07 Å². The van der Waals surface area contributed by atoms with Crippen LogP contribution in [0, 0.1) is 5.82 Å². The summed E-state index contributed by atoms with van der Waals surface area (Å²) in [6, 6.07) is 6.32. The molecule has 2 N–H and O–H groups in total. The van der Waals surface area contributed by atoms with Crippen molar-refractivity contribution in [1.29, 1.82) is 0 Å². The zero-order valence-corrected chi connectivity index (χ0v) is 11.0. The van der Waals surface area contributed by atoms with E-state index in [-0.39, 0.29) is 22.7 Å². The first-order valence-electron chi connectivity index (χ1n) is 5.86. The first kappa shape index (κ1) is 14.4. The Bertz CT molecular complexity index is 703. The van der Waals surface area contributed by atoms with Gasteiger partial charge in [0.25, 0.3) is 5.91 Å².